The molecule has 0 bridgehead atoms. The number of rotatable bonds is 3. The van der Waals surface area contributed by atoms with Gasteiger partial charge in [-0.1, -0.05) is 0 Å². The molecule has 86 valence electrons. The summed E-state index contributed by atoms with van der Waals surface area (Å²) >= 11 is 0. The van der Waals surface area contributed by atoms with Crippen molar-refractivity contribution < 1.29 is 0 Å². The maximum Gasteiger partial charge on any atom is 0.222 e. The number of anilines is 1. The third-order valence-corrected chi connectivity index (χ3v) is 3.70. The highest BCUT2D eigenvalue weighted by Crippen LogP contribution is 2.51. The van der Waals surface area contributed by atoms with Crippen molar-refractivity contribution in [3.63, 3.8) is 0 Å². The van der Waals surface area contributed by atoms with E-state index in [4.69, 9.17) is 0 Å². The zero-order valence-electron chi connectivity index (χ0n) is 9.66. The minimum atomic E-state index is 0.589. The first-order valence-electron chi connectivity index (χ1n) is 6.03. The molecule has 2 aliphatic rings. The Hall–Kier alpha value is -1.16. The molecule has 1 saturated heterocycles. The Morgan fingerprint density at radius 1 is 1.56 bits per heavy atom. The van der Waals surface area contributed by atoms with E-state index >= 15 is 0 Å². The molecular formula is C12H18N4. The summed E-state index contributed by atoms with van der Waals surface area (Å²) < 4.78 is 0. The molecule has 2 heterocycles. The fraction of sp³-hybridized carbons (Fsp3) is 0.667. The lowest BCUT2D eigenvalue weighted by molar-refractivity contribution is 0.550. The maximum absolute atomic E-state index is 4.34. The zero-order chi connectivity index (χ0) is 11.0. The van der Waals surface area contributed by atoms with E-state index < -0.39 is 0 Å². The van der Waals surface area contributed by atoms with Crippen molar-refractivity contribution in [1.82, 2.24) is 15.3 Å². The lowest BCUT2D eigenvalue weighted by atomic mass is 10.0. The predicted molar refractivity (Wildman–Crippen MR) is 63.3 cm³/mol. The summed E-state index contributed by atoms with van der Waals surface area (Å²) in [5, 5.41) is 6.88. The Morgan fingerprint density at radius 2 is 2.44 bits per heavy atom. The zero-order valence-corrected chi connectivity index (χ0v) is 9.66. The second-order valence-corrected chi connectivity index (χ2v) is 5.18. The van der Waals surface area contributed by atoms with Crippen LogP contribution in [-0.4, -0.2) is 29.1 Å². The molecule has 2 N–H and O–H groups in total. The molecule has 3 rings (SSSR count). The highest BCUT2D eigenvalue weighted by molar-refractivity contribution is 5.25. The third kappa shape index (κ3) is 2.02. The van der Waals surface area contributed by atoms with Crippen molar-refractivity contribution in [2.75, 3.05) is 18.4 Å². The average Bonchev–Trinajstić information content (AvgIpc) is 2.88. The molecule has 1 aromatic rings. The summed E-state index contributed by atoms with van der Waals surface area (Å²) in [6.45, 7) is 4.12. The van der Waals surface area contributed by atoms with Gasteiger partial charge in [0.05, 0.1) is 0 Å². The van der Waals surface area contributed by atoms with Crippen LogP contribution in [0.2, 0.25) is 0 Å². The van der Waals surface area contributed by atoms with E-state index in [1.165, 1.54) is 25.8 Å². The minimum absolute atomic E-state index is 0.589. The molecule has 1 atom stereocenters. The predicted octanol–water partition coefficient (Wildman–Crippen LogP) is 1.34. The molecule has 1 aliphatic carbocycles. The smallest absolute Gasteiger partial charge is 0.222 e. The summed E-state index contributed by atoms with van der Waals surface area (Å²) in [6, 6.07) is 2.50. The van der Waals surface area contributed by atoms with Crippen LogP contribution in [0.1, 0.15) is 25.0 Å². The normalized spacial score (nSPS) is 25.9. The van der Waals surface area contributed by atoms with Crippen LogP contribution in [0.4, 0.5) is 5.95 Å². The van der Waals surface area contributed by atoms with Gasteiger partial charge in [-0.3, -0.25) is 0 Å². The van der Waals surface area contributed by atoms with Gasteiger partial charge in [-0.25, -0.2) is 9.97 Å². The van der Waals surface area contributed by atoms with Crippen LogP contribution < -0.4 is 10.6 Å². The molecule has 0 unspecified atom stereocenters. The molecule has 16 heavy (non-hydrogen) atoms. The third-order valence-electron chi connectivity index (χ3n) is 3.70. The molecule has 0 amide bonds. The largest absolute Gasteiger partial charge is 0.353 e. The van der Waals surface area contributed by atoms with Crippen molar-refractivity contribution in [3.8, 4) is 0 Å². The van der Waals surface area contributed by atoms with Gasteiger partial charge in [0.15, 0.2) is 0 Å². The van der Waals surface area contributed by atoms with Crippen LogP contribution in [0.5, 0.6) is 0 Å². The molecule has 1 saturated carbocycles. The lowest BCUT2D eigenvalue weighted by Gasteiger charge is -2.11. The van der Waals surface area contributed by atoms with Crippen molar-refractivity contribution in [2.45, 2.75) is 32.2 Å². The SMILES string of the molecule is Cc1ccnc(NC[C@@H]2CC3(CC3)CN2)n1. The molecule has 1 spiro atoms. The van der Waals surface area contributed by atoms with Crippen LogP contribution in [0.3, 0.4) is 0 Å². The summed E-state index contributed by atoms with van der Waals surface area (Å²) in [5.74, 6) is 0.749. The Labute approximate surface area is 95.9 Å². The maximum atomic E-state index is 4.34. The summed E-state index contributed by atoms with van der Waals surface area (Å²) in [6.07, 6.45) is 5.94. The quantitative estimate of drug-likeness (QED) is 0.804. The second-order valence-electron chi connectivity index (χ2n) is 5.18. The van der Waals surface area contributed by atoms with Gasteiger partial charge in [-0.2, -0.15) is 0 Å². The van der Waals surface area contributed by atoms with Gasteiger partial charge in [0.25, 0.3) is 0 Å². The van der Waals surface area contributed by atoms with Gasteiger partial charge in [-0.05, 0) is 37.7 Å². The van der Waals surface area contributed by atoms with Gasteiger partial charge >= 0.3 is 0 Å². The number of nitrogens with one attached hydrogen (secondary N) is 2. The van der Waals surface area contributed by atoms with Gasteiger partial charge in [-0.15, -0.1) is 0 Å². The van der Waals surface area contributed by atoms with Crippen LogP contribution in [0.15, 0.2) is 12.3 Å². The molecule has 2 fully saturated rings. The van der Waals surface area contributed by atoms with Gasteiger partial charge in [0.1, 0.15) is 0 Å². The van der Waals surface area contributed by atoms with E-state index in [1.807, 2.05) is 13.0 Å². The van der Waals surface area contributed by atoms with Crippen molar-refractivity contribution in [2.24, 2.45) is 5.41 Å². The van der Waals surface area contributed by atoms with Crippen LogP contribution >= 0.6 is 0 Å². The Bertz CT molecular complexity index is 386. The topological polar surface area (TPSA) is 49.8 Å². The van der Waals surface area contributed by atoms with Crippen LogP contribution in [-0.2, 0) is 0 Å². The average molecular weight is 218 g/mol. The van der Waals surface area contributed by atoms with Crippen molar-refractivity contribution in [1.29, 1.82) is 0 Å². The molecular weight excluding hydrogens is 200 g/mol. The Kier molecular flexibility index (Phi) is 2.32. The van der Waals surface area contributed by atoms with E-state index in [0.29, 0.717) is 11.5 Å². The van der Waals surface area contributed by atoms with E-state index in [1.54, 1.807) is 6.20 Å². The number of aryl methyl sites for hydroxylation is 1. The molecule has 0 aromatic carbocycles. The summed E-state index contributed by atoms with van der Waals surface area (Å²) in [4.78, 5) is 8.54. The Morgan fingerprint density at radius 3 is 3.12 bits per heavy atom. The monoisotopic (exact) mass is 218 g/mol. The molecule has 1 aromatic heterocycles. The fourth-order valence-corrected chi connectivity index (χ4v) is 2.48. The first-order chi connectivity index (χ1) is 7.76. The molecule has 4 nitrogen and oxygen atoms in total. The number of hydrogen-bond acceptors (Lipinski definition) is 4. The van der Waals surface area contributed by atoms with Gasteiger partial charge in [0, 0.05) is 31.0 Å². The van der Waals surface area contributed by atoms with Crippen LogP contribution in [0.25, 0.3) is 0 Å². The van der Waals surface area contributed by atoms with E-state index in [9.17, 15) is 0 Å². The summed E-state index contributed by atoms with van der Waals surface area (Å²) in [7, 11) is 0. The number of hydrogen-bond donors (Lipinski definition) is 2. The first-order valence-corrected chi connectivity index (χ1v) is 6.03. The Balaban J connectivity index is 1.53. The van der Waals surface area contributed by atoms with Crippen LogP contribution in [0, 0.1) is 12.3 Å². The fourth-order valence-electron chi connectivity index (χ4n) is 2.48. The van der Waals surface area contributed by atoms with Crippen molar-refractivity contribution in [3.05, 3.63) is 18.0 Å². The standard InChI is InChI=1S/C12H18N4/c1-9-2-5-13-11(16-9)14-7-10-6-12(3-4-12)8-15-10/h2,5,10,15H,3-4,6-8H2,1H3,(H,13,14,16)/t10-/m0/s1. The minimum Gasteiger partial charge on any atom is -0.353 e. The lowest BCUT2D eigenvalue weighted by Crippen LogP contribution is -2.29. The second kappa shape index (κ2) is 3.70. The summed E-state index contributed by atoms with van der Waals surface area (Å²) in [5.41, 5.74) is 1.68. The van der Waals surface area contributed by atoms with Crippen molar-refractivity contribution >= 4 is 5.95 Å². The number of aromatic nitrogens is 2. The number of nitrogens with zero attached hydrogens (tertiary/aromatic N) is 2. The van der Waals surface area contributed by atoms with Gasteiger partial charge in [0.2, 0.25) is 5.95 Å². The highest BCUT2D eigenvalue weighted by atomic mass is 15.1. The molecule has 4 heteroatoms. The first kappa shape index (κ1) is 10.0. The van der Waals surface area contributed by atoms with E-state index in [2.05, 4.69) is 20.6 Å². The molecule has 0 radical (unpaired) electrons. The highest BCUT2D eigenvalue weighted by Gasteiger charge is 2.47. The van der Waals surface area contributed by atoms with E-state index in [-0.39, 0.29) is 0 Å². The van der Waals surface area contributed by atoms with Gasteiger partial charge < -0.3 is 10.6 Å². The van der Waals surface area contributed by atoms with E-state index in [0.717, 1.165) is 18.2 Å². The molecule has 1 aliphatic heterocycles.